The molecule has 32 heavy (non-hydrogen) atoms. The molecule has 1 amide bonds. The third kappa shape index (κ3) is 6.87. The van der Waals surface area contributed by atoms with E-state index >= 15 is 0 Å². The van der Waals surface area contributed by atoms with Gasteiger partial charge in [-0.2, -0.15) is 0 Å². The Morgan fingerprint density at radius 3 is 2.84 bits per heavy atom. The quantitative estimate of drug-likeness (QED) is 0.157. The molecule has 0 aliphatic carbocycles. The number of thioether (sulfide) groups is 1. The van der Waals surface area contributed by atoms with E-state index in [1.165, 1.54) is 11.8 Å². The van der Waals surface area contributed by atoms with Gasteiger partial charge in [0.05, 0.1) is 23.1 Å². The summed E-state index contributed by atoms with van der Waals surface area (Å²) in [4.78, 5) is 16.2. The number of nitrogens with one attached hydrogen (secondary N) is 1. The Kier molecular flexibility index (Phi) is 9.23. The third-order valence-corrected chi connectivity index (χ3v) is 5.97. The molecule has 168 valence electrons. The van der Waals surface area contributed by atoms with Crippen molar-refractivity contribution in [1.29, 1.82) is 0 Å². The topological polar surface area (TPSA) is 81.9 Å². The van der Waals surface area contributed by atoms with Crippen molar-refractivity contribution in [2.24, 2.45) is 0 Å². The van der Waals surface area contributed by atoms with E-state index in [0.29, 0.717) is 52.6 Å². The first kappa shape index (κ1) is 24.4. The number of aryl methyl sites for hydroxylation is 1. The highest BCUT2D eigenvalue weighted by molar-refractivity contribution is 7.99. The fourth-order valence-corrected chi connectivity index (χ4v) is 4.12. The molecule has 0 bridgehead atoms. The summed E-state index contributed by atoms with van der Waals surface area (Å²) in [5.74, 6) is 1.31. The Morgan fingerprint density at radius 2 is 2.09 bits per heavy atom. The molecule has 1 N–H and O–H groups in total. The molecule has 1 aromatic carbocycles. The lowest BCUT2D eigenvalue weighted by Crippen LogP contribution is -2.15. The van der Waals surface area contributed by atoms with Crippen molar-refractivity contribution in [3.63, 3.8) is 0 Å². The van der Waals surface area contributed by atoms with Crippen molar-refractivity contribution in [3.8, 4) is 5.75 Å². The minimum Gasteiger partial charge on any atom is -0.492 e. The zero-order valence-corrected chi connectivity index (χ0v) is 20.0. The Labute approximate surface area is 205 Å². The zero-order chi connectivity index (χ0) is 22.9. The molecule has 3 aromatic rings. The number of allylic oxidation sites excluding steroid dienone is 1. The maximum absolute atomic E-state index is 12.3. The predicted octanol–water partition coefficient (Wildman–Crippen LogP) is 5.56. The Morgan fingerprint density at radius 1 is 1.25 bits per heavy atom. The van der Waals surface area contributed by atoms with Gasteiger partial charge in [0.15, 0.2) is 10.3 Å². The van der Waals surface area contributed by atoms with Crippen molar-refractivity contribution < 1.29 is 9.53 Å². The molecular formula is C21H20Cl3N5O2S. The number of rotatable bonds is 11. The first-order chi connectivity index (χ1) is 15.5. The van der Waals surface area contributed by atoms with Crippen molar-refractivity contribution in [1.82, 2.24) is 19.7 Å². The number of amides is 1. The lowest BCUT2D eigenvalue weighted by atomic mass is 10.3. The van der Waals surface area contributed by atoms with Crippen LogP contribution in [0.1, 0.15) is 12.2 Å². The van der Waals surface area contributed by atoms with Crippen molar-refractivity contribution in [3.05, 3.63) is 70.2 Å². The molecule has 2 heterocycles. The van der Waals surface area contributed by atoms with Crippen LogP contribution in [0.5, 0.6) is 5.75 Å². The van der Waals surface area contributed by atoms with Gasteiger partial charge in [0, 0.05) is 24.2 Å². The van der Waals surface area contributed by atoms with Crippen LogP contribution in [0, 0.1) is 0 Å². The highest BCUT2D eigenvalue weighted by Crippen LogP contribution is 2.27. The van der Waals surface area contributed by atoms with E-state index in [9.17, 15) is 4.79 Å². The Balaban J connectivity index is 1.53. The number of anilines is 1. The molecule has 2 aromatic heterocycles. The number of carbonyl (C=O) groups excluding carboxylic acids is 1. The molecule has 0 atom stereocenters. The van der Waals surface area contributed by atoms with Crippen LogP contribution in [0.25, 0.3) is 0 Å². The van der Waals surface area contributed by atoms with E-state index < -0.39 is 0 Å². The van der Waals surface area contributed by atoms with Gasteiger partial charge in [0.1, 0.15) is 11.6 Å². The second-order valence-corrected chi connectivity index (χ2v) is 8.65. The smallest absolute Gasteiger partial charge is 0.234 e. The number of aromatic nitrogens is 4. The second-order valence-electron chi connectivity index (χ2n) is 6.50. The Hall–Kier alpha value is -2.26. The summed E-state index contributed by atoms with van der Waals surface area (Å²) in [5.41, 5.74) is 0.466. The van der Waals surface area contributed by atoms with Gasteiger partial charge >= 0.3 is 0 Å². The fraction of sp³-hybridized carbons (Fsp3) is 0.238. The molecule has 3 rings (SSSR count). The number of carbonyl (C=O) groups is 1. The third-order valence-electron chi connectivity index (χ3n) is 4.17. The van der Waals surface area contributed by atoms with Gasteiger partial charge in [0.25, 0.3) is 0 Å². The van der Waals surface area contributed by atoms with Crippen molar-refractivity contribution in [2.75, 3.05) is 17.7 Å². The SMILES string of the molecule is C=CCn1c(CCCOc2ccc(Cl)cc2Cl)nnc1SCC(=O)Nc1cccnc1Cl. The standard InChI is InChI=1S/C21H20Cl3N5O2S/c1-2-10-29-18(6-4-11-31-17-8-7-14(22)12-15(17)23)27-28-21(29)32-13-19(30)26-16-5-3-9-25-20(16)24/h2-3,5,7-9,12H,1,4,6,10-11,13H2,(H,26,30). The summed E-state index contributed by atoms with van der Waals surface area (Å²) in [6.07, 6.45) is 4.67. The maximum Gasteiger partial charge on any atom is 0.234 e. The molecule has 0 saturated heterocycles. The number of pyridine rings is 1. The molecule has 0 aliphatic rings. The summed E-state index contributed by atoms with van der Waals surface area (Å²) in [6.45, 7) is 4.78. The van der Waals surface area contributed by atoms with Gasteiger partial charge in [-0.1, -0.05) is 52.6 Å². The number of hydrogen-bond donors (Lipinski definition) is 1. The van der Waals surface area contributed by atoms with Crippen LogP contribution in [0.4, 0.5) is 5.69 Å². The van der Waals surface area contributed by atoms with E-state index in [1.807, 2.05) is 4.57 Å². The molecule has 0 radical (unpaired) electrons. The maximum atomic E-state index is 12.3. The zero-order valence-electron chi connectivity index (χ0n) is 16.9. The monoisotopic (exact) mass is 511 g/mol. The van der Waals surface area contributed by atoms with Crippen molar-refractivity contribution >= 4 is 58.2 Å². The van der Waals surface area contributed by atoms with E-state index in [0.717, 1.165) is 5.82 Å². The van der Waals surface area contributed by atoms with Crippen molar-refractivity contribution in [2.45, 2.75) is 24.5 Å². The van der Waals surface area contributed by atoms with Gasteiger partial charge in [-0.25, -0.2) is 4.98 Å². The molecular weight excluding hydrogens is 493 g/mol. The summed E-state index contributed by atoms with van der Waals surface area (Å²) >= 11 is 19.3. The number of hydrogen-bond acceptors (Lipinski definition) is 6. The largest absolute Gasteiger partial charge is 0.492 e. The predicted molar refractivity (Wildman–Crippen MR) is 129 cm³/mol. The van der Waals surface area contributed by atoms with Gasteiger partial charge < -0.3 is 14.6 Å². The van der Waals surface area contributed by atoms with E-state index in [-0.39, 0.29) is 16.8 Å². The molecule has 0 unspecified atom stereocenters. The highest BCUT2D eigenvalue weighted by atomic mass is 35.5. The average molecular weight is 513 g/mol. The first-order valence-electron chi connectivity index (χ1n) is 9.62. The first-order valence-corrected chi connectivity index (χ1v) is 11.7. The average Bonchev–Trinajstić information content (AvgIpc) is 3.14. The number of halogens is 3. The van der Waals surface area contributed by atoms with Crippen LogP contribution < -0.4 is 10.1 Å². The molecule has 0 spiro atoms. The number of ether oxygens (including phenoxy) is 1. The van der Waals surface area contributed by atoms with E-state index in [2.05, 4.69) is 27.1 Å². The number of nitrogens with zero attached hydrogens (tertiary/aromatic N) is 4. The minimum absolute atomic E-state index is 0.151. The normalized spacial score (nSPS) is 10.7. The second kappa shape index (κ2) is 12.1. The van der Waals surface area contributed by atoms with Gasteiger partial charge in [-0.3, -0.25) is 4.79 Å². The van der Waals surface area contributed by atoms with Gasteiger partial charge in [0.2, 0.25) is 5.91 Å². The summed E-state index contributed by atoms with van der Waals surface area (Å²) < 4.78 is 7.65. The molecule has 0 saturated carbocycles. The lowest BCUT2D eigenvalue weighted by Gasteiger charge is -2.10. The lowest BCUT2D eigenvalue weighted by molar-refractivity contribution is -0.113. The van der Waals surface area contributed by atoms with E-state index in [1.54, 1.807) is 42.6 Å². The van der Waals surface area contributed by atoms with Crippen LogP contribution in [0.3, 0.4) is 0 Å². The summed E-state index contributed by atoms with van der Waals surface area (Å²) in [5, 5.41) is 13.1. The fourth-order valence-electron chi connectivity index (χ4n) is 2.72. The van der Waals surface area contributed by atoms with Gasteiger partial charge in [-0.15, -0.1) is 16.8 Å². The summed E-state index contributed by atoms with van der Waals surface area (Å²) in [7, 11) is 0. The van der Waals surface area contributed by atoms with E-state index in [4.69, 9.17) is 39.5 Å². The number of benzene rings is 1. The van der Waals surface area contributed by atoms with Crippen LogP contribution in [-0.2, 0) is 17.8 Å². The van der Waals surface area contributed by atoms with Crippen LogP contribution >= 0.6 is 46.6 Å². The molecule has 11 heteroatoms. The molecule has 7 nitrogen and oxygen atoms in total. The van der Waals surface area contributed by atoms with Crippen LogP contribution in [0.15, 0.2) is 54.3 Å². The van der Waals surface area contributed by atoms with Crippen LogP contribution in [0.2, 0.25) is 15.2 Å². The summed E-state index contributed by atoms with van der Waals surface area (Å²) in [6, 6.07) is 8.50. The van der Waals surface area contributed by atoms with Gasteiger partial charge in [-0.05, 0) is 36.8 Å². The Bertz CT molecular complexity index is 1090. The molecule has 0 aliphatic heterocycles. The highest BCUT2D eigenvalue weighted by Gasteiger charge is 2.14. The van der Waals surface area contributed by atoms with Crippen LogP contribution in [-0.4, -0.2) is 38.0 Å². The minimum atomic E-state index is -0.215. The molecule has 0 fully saturated rings.